The van der Waals surface area contributed by atoms with Gasteiger partial charge >= 0.3 is 6.16 Å². The first kappa shape index (κ1) is 20.4. The Balaban J connectivity index is 1.56. The molecule has 4 aromatic carbocycles. The van der Waals surface area contributed by atoms with Crippen molar-refractivity contribution < 1.29 is 14.3 Å². The summed E-state index contributed by atoms with van der Waals surface area (Å²) in [7, 11) is 0. The summed E-state index contributed by atoms with van der Waals surface area (Å²) in [6.07, 6.45) is -0.763. The topological polar surface area (TPSA) is 35.5 Å². The molecule has 3 heteroatoms. The largest absolute Gasteiger partial charge is 0.519 e. The average molecular weight is 408 g/mol. The summed E-state index contributed by atoms with van der Waals surface area (Å²) in [5, 5.41) is 0. The van der Waals surface area contributed by atoms with E-state index in [2.05, 4.69) is 62.4 Å². The van der Waals surface area contributed by atoms with Gasteiger partial charge in [0.2, 0.25) is 0 Å². The lowest BCUT2D eigenvalue weighted by atomic mass is 9.78. The Labute approximate surface area is 182 Å². The molecule has 0 bridgehead atoms. The zero-order valence-electron chi connectivity index (χ0n) is 17.6. The van der Waals surface area contributed by atoms with Crippen molar-refractivity contribution in [1.82, 2.24) is 0 Å². The molecule has 31 heavy (non-hydrogen) atoms. The van der Waals surface area contributed by atoms with Gasteiger partial charge in [-0.1, -0.05) is 105 Å². The summed E-state index contributed by atoms with van der Waals surface area (Å²) < 4.78 is 10.8. The minimum atomic E-state index is -0.763. The van der Waals surface area contributed by atoms with Crippen molar-refractivity contribution in [2.45, 2.75) is 19.3 Å². The van der Waals surface area contributed by atoms with E-state index in [1.54, 1.807) is 30.3 Å². The minimum Gasteiger partial charge on any atom is -0.395 e. The summed E-state index contributed by atoms with van der Waals surface area (Å²) in [5.74, 6) is 0.899. The van der Waals surface area contributed by atoms with Crippen molar-refractivity contribution in [2.75, 3.05) is 0 Å². The first-order chi connectivity index (χ1) is 15.0. The molecule has 0 heterocycles. The second kappa shape index (κ2) is 8.88. The highest BCUT2D eigenvalue weighted by Gasteiger charge is 2.23. The molecule has 0 aliphatic carbocycles. The number of benzene rings is 4. The van der Waals surface area contributed by atoms with Crippen molar-refractivity contribution in [3.63, 3.8) is 0 Å². The van der Waals surface area contributed by atoms with Crippen molar-refractivity contribution >= 4 is 6.16 Å². The average Bonchev–Trinajstić information content (AvgIpc) is 2.81. The number of hydrogen-bond acceptors (Lipinski definition) is 3. The molecule has 0 fully saturated rings. The molecule has 0 N–H and O–H groups in total. The maximum Gasteiger partial charge on any atom is 0.519 e. The lowest BCUT2D eigenvalue weighted by molar-refractivity contribution is 0.152. The van der Waals surface area contributed by atoms with Gasteiger partial charge in [0.15, 0.2) is 0 Å². The first-order valence-electron chi connectivity index (χ1n) is 10.2. The van der Waals surface area contributed by atoms with Crippen molar-refractivity contribution in [3.05, 3.63) is 120 Å². The number of para-hydroxylation sites is 2. The Morgan fingerprint density at radius 3 is 1.84 bits per heavy atom. The van der Waals surface area contributed by atoms with Gasteiger partial charge in [0.05, 0.1) is 0 Å². The molecule has 0 aromatic heterocycles. The highest BCUT2D eigenvalue weighted by atomic mass is 16.7. The summed E-state index contributed by atoms with van der Waals surface area (Å²) in [6.45, 7) is 4.43. The number of carbonyl (C=O) groups excluding carboxylic acids is 1. The third kappa shape index (κ3) is 4.67. The molecule has 0 saturated heterocycles. The fourth-order valence-corrected chi connectivity index (χ4v) is 3.58. The van der Waals surface area contributed by atoms with Crippen molar-refractivity contribution in [2.24, 2.45) is 0 Å². The van der Waals surface area contributed by atoms with Gasteiger partial charge < -0.3 is 9.47 Å². The molecule has 154 valence electrons. The highest BCUT2D eigenvalue weighted by Crippen LogP contribution is 2.35. The maximum atomic E-state index is 12.3. The Morgan fingerprint density at radius 1 is 0.613 bits per heavy atom. The second-order valence-corrected chi connectivity index (χ2v) is 7.83. The third-order valence-electron chi connectivity index (χ3n) is 5.44. The van der Waals surface area contributed by atoms with Crippen LogP contribution in [0.2, 0.25) is 0 Å². The van der Waals surface area contributed by atoms with E-state index in [0.717, 1.165) is 11.1 Å². The van der Waals surface area contributed by atoms with Crippen LogP contribution >= 0.6 is 0 Å². The Hall–Kier alpha value is -3.85. The number of hydrogen-bond donors (Lipinski definition) is 0. The molecule has 3 nitrogen and oxygen atoms in total. The van der Waals surface area contributed by atoms with Crippen LogP contribution in [0.25, 0.3) is 11.1 Å². The SMILES string of the molecule is CC(C)(c1ccccc1)c1ccc(-c2ccccc2OC(=O)Oc2ccccc2)cc1. The molecule has 0 radical (unpaired) electrons. The molecular formula is C28H24O3. The predicted octanol–water partition coefficient (Wildman–Crippen LogP) is 7.26. The normalized spacial score (nSPS) is 11.0. The quantitative estimate of drug-likeness (QED) is 0.257. The predicted molar refractivity (Wildman–Crippen MR) is 124 cm³/mol. The van der Waals surface area contributed by atoms with E-state index in [0.29, 0.717) is 11.5 Å². The fourth-order valence-electron chi connectivity index (χ4n) is 3.58. The van der Waals surface area contributed by atoms with E-state index >= 15 is 0 Å². The monoisotopic (exact) mass is 408 g/mol. The Bertz CT molecular complexity index is 1150. The summed E-state index contributed by atoms with van der Waals surface area (Å²) in [5.41, 5.74) is 4.15. The van der Waals surface area contributed by atoms with E-state index in [1.807, 2.05) is 30.3 Å². The molecule has 0 aliphatic heterocycles. The zero-order valence-corrected chi connectivity index (χ0v) is 17.6. The van der Waals surface area contributed by atoms with Gasteiger partial charge in [0.25, 0.3) is 0 Å². The number of carbonyl (C=O) groups is 1. The molecule has 4 aromatic rings. The van der Waals surface area contributed by atoms with E-state index in [9.17, 15) is 4.79 Å². The molecule has 0 atom stereocenters. The summed E-state index contributed by atoms with van der Waals surface area (Å²) in [4.78, 5) is 12.3. The van der Waals surface area contributed by atoms with E-state index < -0.39 is 6.16 Å². The van der Waals surface area contributed by atoms with Crippen LogP contribution in [0.3, 0.4) is 0 Å². The van der Waals surface area contributed by atoms with Crippen LogP contribution in [-0.4, -0.2) is 6.16 Å². The van der Waals surface area contributed by atoms with Crippen LogP contribution < -0.4 is 9.47 Å². The van der Waals surface area contributed by atoms with Gasteiger partial charge in [-0.15, -0.1) is 0 Å². The van der Waals surface area contributed by atoms with Crippen LogP contribution in [0.1, 0.15) is 25.0 Å². The molecule has 0 amide bonds. The highest BCUT2D eigenvalue weighted by molar-refractivity contribution is 5.75. The fraction of sp³-hybridized carbons (Fsp3) is 0.107. The van der Waals surface area contributed by atoms with Crippen LogP contribution in [0.15, 0.2) is 109 Å². The smallest absolute Gasteiger partial charge is 0.395 e. The van der Waals surface area contributed by atoms with Gasteiger partial charge in [-0.2, -0.15) is 0 Å². The van der Waals surface area contributed by atoms with Crippen molar-refractivity contribution in [1.29, 1.82) is 0 Å². The van der Waals surface area contributed by atoms with E-state index in [4.69, 9.17) is 9.47 Å². The van der Waals surface area contributed by atoms with E-state index in [1.165, 1.54) is 11.1 Å². The molecule has 4 rings (SSSR count). The Kier molecular flexibility index (Phi) is 5.85. The molecule has 0 spiro atoms. The molecule has 0 aliphatic rings. The number of rotatable bonds is 5. The molecule has 0 unspecified atom stereocenters. The van der Waals surface area contributed by atoms with Gasteiger partial charge in [0, 0.05) is 11.0 Å². The van der Waals surface area contributed by atoms with Crippen molar-refractivity contribution in [3.8, 4) is 22.6 Å². The standard InChI is InChI=1S/C28H24O3/c1-28(2,22-11-5-3-6-12-22)23-19-17-21(18-20-23)25-15-9-10-16-26(25)31-27(29)30-24-13-7-4-8-14-24/h3-20H,1-2H3. The van der Waals surface area contributed by atoms with Gasteiger partial charge in [0.1, 0.15) is 11.5 Å². The minimum absolute atomic E-state index is 0.116. The third-order valence-corrected chi connectivity index (χ3v) is 5.44. The van der Waals surface area contributed by atoms with Crippen LogP contribution in [0.4, 0.5) is 4.79 Å². The van der Waals surface area contributed by atoms with Gasteiger partial charge in [-0.25, -0.2) is 4.79 Å². The first-order valence-corrected chi connectivity index (χ1v) is 10.2. The van der Waals surface area contributed by atoms with Gasteiger partial charge in [-0.05, 0) is 34.9 Å². The van der Waals surface area contributed by atoms with Crippen LogP contribution in [0.5, 0.6) is 11.5 Å². The molecule has 0 saturated carbocycles. The summed E-state index contributed by atoms with van der Waals surface area (Å²) in [6, 6.07) is 35.2. The van der Waals surface area contributed by atoms with Crippen LogP contribution in [0, 0.1) is 0 Å². The lowest BCUT2D eigenvalue weighted by Crippen LogP contribution is -2.18. The maximum absolute atomic E-state index is 12.3. The number of ether oxygens (including phenoxy) is 2. The zero-order chi connectivity index (χ0) is 21.7. The van der Waals surface area contributed by atoms with E-state index in [-0.39, 0.29) is 5.41 Å². The lowest BCUT2D eigenvalue weighted by Gasteiger charge is -2.26. The molecular weight excluding hydrogens is 384 g/mol. The Morgan fingerprint density at radius 2 is 1.16 bits per heavy atom. The summed E-state index contributed by atoms with van der Waals surface area (Å²) >= 11 is 0. The second-order valence-electron chi connectivity index (χ2n) is 7.83. The van der Waals surface area contributed by atoms with Crippen LogP contribution in [-0.2, 0) is 5.41 Å². The van der Waals surface area contributed by atoms with Gasteiger partial charge in [-0.3, -0.25) is 0 Å².